The zero-order valence-corrected chi connectivity index (χ0v) is 17.0. The molecular weight excluding hydrogens is 410 g/mol. The quantitative estimate of drug-likeness (QED) is 0.372. The molecule has 0 bridgehead atoms. The molecule has 2 aromatic heterocycles. The third-order valence-corrected chi connectivity index (χ3v) is 6.30. The van der Waals surface area contributed by atoms with E-state index in [-0.39, 0.29) is 10.5 Å². The Morgan fingerprint density at radius 1 is 1.14 bits per heavy atom. The number of rotatable bonds is 5. The molecule has 4 rings (SSSR count). The number of nitrogens with two attached hydrogens (primary N) is 1. The number of thioether (sulfide) groups is 1. The van der Waals surface area contributed by atoms with Crippen LogP contribution in [0, 0.1) is 6.92 Å². The summed E-state index contributed by atoms with van der Waals surface area (Å²) in [4.78, 5) is 19.8. The van der Waals surface area contributed by atoms with Crippen LogP contribution >= 0.6 is 11.8 Å². The summed E-state index contributed by atoms with van der Waals surface area (Å²) in [6.45, 7) is 2.04. The second kappa shape index (κ2) is 7.47. The van der Waals surface area contributed by atoms with Gasteiger partial charge in [-0.05, 0) is 42.3 Å². The summed E-state index contributed by atoms with van der Waals surface area (Å²) in [6, 6.07) is 13.9. The third kappa shape index (κ3) is 3.95. The average Bonchev–Trinajstić information content (AvgIpc) is 3.11. The van der Waals surface area contributed by atoms with Crippen LogP contribution in [0.4, 0.5) is 0 Å². The normalized spacial score (nSPS) is 11.8. The predicted octanol–water partition coefficient (Wildman–Crippen LogP) is 2.36. The molecule has 2 aromatic carbocycles. The SMILES string of the molecule is Cc1ccccc1CSc1nc2c(cnn2-c2ccc(S(N)(=O)=O)cc2)c(=O)[nH]1. The zero-order valence-electron chi connectivity index (χ0n) is 15.4. The number of benzene rings is 2. The number of aryl methyl sites for hydroxylation is 1. The van der Waals surface area contributed by atoms with Crippen molar-refractivity contribution >= 4 is 32.8 Å². The smallest absolute Gasteiger partial charge is 0.262 e. The van der Waals surface area contributed by atoms with Gasteiger partial charge in [0.05, 0.1) is 16.8 Å². The minimum Gasteiger partial charge on any atom is -0.301 e. The molecule has 0 aliphatic rings. The molecule has 2 heterocycles. The first-order valence-electron chi connectivity index (χ1n) is 8.61. The van der Waals surface area contributed by atoms with E-state index < -0.39 is 10.0 Å². The Morgan fingerprint density at radius 3 is 2.55 bits per heavy atom. The molecule has 0 spiro atoms. The second-order valence-corrected chi connectivity index (χ2v) is 8.94. The van der Waals surface area contributed by atoms with Crippen LogP contribution in [-0.2, 0) is 15.8 Å². The zero-order chi connectivity index (χ0) is 20.6. The van der Waals surface area contributed by atoms with Crippen molar-refractivity contribution in [3.63, 3.8) is 0 Å². The van der Waals surface area contributed by atoms with E-state index in [0.29, 0.717) is 27.6 Å². The van der Waals surface area contributed by atoms with Crippen molar-refractivity contribution in [2.45, 2.75) is 22.7 Å². The van der Waals surface area contributed by atoms with Gasteiger partial charge < -0.3 is 4.98 Å². The van der Waals surface area contributed by atoms with Gasteiger partial charge in [-0.3, -0.25) is 4.79 Å². The van der Waals surface area contributed by atoms with Crippen molar-refractivity contribution in [2.75, 3.05) is 0 Å². The Hall–Kier alpha value is -2.95. The van der Waals surface area contributed by atoms with Gasteiger partial charge in [0, 0.05) is 5.75 Å². The molecule has 0 aliphatic carbocycles. The highest BCUT2D eigenvalue weighted by atomic mass is 32.2. The first-order chi connectivity index (χ1) is 13.8. The first-order valence-corrected chi connectivity index (χ1v) is 11.1. The van der Waals surface area contributed by atoms with E-state index in [1.807, 2.05) is 31.2 Å². The van der Waals surface area contributed by atoms with Crippen molar-refractivity contribution in [1.82, 2.24) is 19.7 Å². The van der Waals surface area contributed by atoms with E-state index in [0.717, 1.165) is 5.56 Å². The molecular formula is C19H17N5O3S2. The summed E-state index contributed by atoms with van der Waals surface area (Å²) in [5.74, 6) is 0.665. The number of hydrogen-bond acceptors (Lipinski definition) is 6. The van der Waals surface area contributed by atoms with Gasteiger partial charge in [0.2, 0.25) is 10.0 Å². The van der Waals surface area contributed by atoms with E-state index >= 15 is 0 Å². The lowest BCUT2D eigenvalue weighted by Gasteiger charge is -2.07. The Bertz CT molecular complexity index is 1360. The molecule has 0 fully saturated rings. The van der Waals surface area contributed by atoms with Crippen molar-refractivity contribution in [1.29, 1.82) is 0 Å². The predicted molar refractivity (Wildman–Crippen MR) is 112 cm³/mol. The van der Waals surface area contributed by atoms with E-state index in [2.05, 4.69) is 15.1 Å². The van der Waals surface area contributed by atoms with E-state index in [1.165, 1.54) is 40.3 Å². The summed E-state index contributed by atoms with van der Waals surface area (Å²) in [6.07, 6.45) is 1.44. The number of primary sulfonamides is 1. The maximum absolute atomic E-state index is 12.4. The molecule has 0 saturated heterocycles. The van der Waals surface area contributed by atoms with Crippen LogP contribution in [0.2, 0.25) is 0 Å². The van der Waals surface area contributed by atoms with Gasteiger partial charge in [0.1, 0.15) is 5.39 Å². The highest BCUT2D eigenvalue weighted by Gasteiger charge is 2.13. The van der Waals surface area contributed by atoms with Crippen LogP contribution in [0.5, 0.6) is 0 Å². The van der Waals surface area contributed by atoms with Crippen molar-refractivity contribution in [3.8, 4) is 5.69 Å². The molecule has 0 amide bonds. The fourth-order valence-electron chi connectivity index (χ4n) is 2.85. The molecule has 8 nitrogen and oxygen atoms in total. The molecule has 0 unspecified atom stereocenters. The Morgan fingerprint density at radius 2 is 1.86 bits per heavy atom. The largest absolute Gasteiger partial charge is 0.301 e. The highest BCUT2D eigenvalue weighted by molar-refractivity contribution is 7.98. The highest BCUT2D eigenvalue weighted by Crippen LogP contribution is 2.23. The van der Waals surface area contributed by atoms with Crippen molar-refractivity contribution in [3.05, 3.63) is 76.2 Å². The number of nitrogens with zero attached hydrogens (tertiary/aromatic N) is 3. The monoisotopic (exact) mass is 427 g/mol. The number of nitrogens with one attached hydrogen (secondary N) is 1. The Kier molecular flexibility index (Phi) is 4.99. The number of aromatic amines is 1. The van der Waals surface area contributed by atoms with Crippen LogP contribution < -0.4 is 10.7 Å². The van der Waals surface area contributed by atoms with Gasteiger partial charge in [-0.2, -0.15) is 5.10 Å². The van der Waals surface area contributed by atoms with Crippen LogP contribution in [-0.4, -0.2) is 28.2 Å². The minimum absolute atomic E-state index is 0.00186. The molecule has 29 heavy (non-hydrogen) atoms. The molecule has 0 aliphatic heterocycles. The number of aromatic nitrogens is 4. The summed E-state index contributed by atoms with van der Waals surface area (Å²) in [7, 11) is -3.79. The van der Waals surface area contributed by atoms with Gasteiger partial charge in [-0.25, -0.2) is 23.2 Å². The van der Waals surface area contributed by atoms with Gasteiger partial charge >= 0.3 is 0 Å². The van der Waals surface area contributed by atoms with Crippen molar-refractivity contribution in [2.24, 2.45) is 5.14 Å². The Balaban J connectivity index is 1.70. The van der Waals surface area contributed by atoms with Gasteiger partial charge in [-0.1, -0.05) is 36.0 Å². The van der Waals surface area contributed by atoms with E-state index in [9.17, 15) is 13.2 Å². The van der Waals surface area contributed by atoms with Gasteiger partial charge in [0.15, 0.2) is 10.8 Å². The lowest BCUT2D eigenvalue weighted by Crippen LogP contribution is -2.12. The van der Waals surface area contributed by atoms with Crippen molar-refractivity contribution < 1.29 is 8.42 Å². The molecule has 0 saturated carbocycles. The number of fused-ring (bicyclic) bond motifs is 1. The maximum atomic E-state index is 12.4. The molecule has 3 N–H and O–H groups in total. The maximum Gasteiger partial charge on any atom is 0.262 e. The summed E-state index contributed by atoms with van der Waals surface area (Å²) >= 11 is 1.43. The number of sulfonamides is 1. The third-order valence-electron chi connectivity index (χ3n) is 4.45. The summed E-state index contributed by atoms with van der Waals surface area (Å²) in [5.41, 5.74) is 3.01. The summed E-state index contributed by atoms with van der Waals surface area (Å²) in [5, 5.41) is 10.2. The molecule has 10 heteroatoms. The minimum atomic E-state index is -3.79. The number of H-pyrrole nitrogens is 1. The van der Waals surface area contributed by atoms with Crippen LogP contribution in [0.3, 0.4) is 0 Å². The topological polar surface area (TPSA) is 124 Å². The molecule has 148 valence electrons. The lowest BCUT2D eigenvalue weighted by atomic mass is 10.1. The molecule has 0 atom stereocenters. The van der Waals surface area contributed by atoms with E-state index in [1.54, 1.807) is 12.1 Å². The first kappa shape index (κ1) is 19.4. The standard InChI is InChI=1S/C19H17N5O3S2/c1-12-4-2-3-5-13(12)11-28-19-22-17-16(18(25)23-19)10-21-24(17)14-6-8-15(9-7-14)29(20,26)27/h2-10H,11H2,1H3,(H2,20,26,27)(H,22,23,25). The van der Waals surface area contributed by atoms with Gasteiger partial charge in [-0.15, -0.1) is 0 Å². The second-order valence-electron chi connectivity index (χ2n) is 6.42. The van der Waals surface area contributed by atoms with Crippen LogP contribution in [0.15, 0.2) is 69.6 Å². The fraction of sp³-hybridized carbons (Fsp3) is 0.105. The molecule has 0 radical (unpaired) electrons. The number of hydrogen-bond donors (Lipinski definition) is 2. The summed E-state index contributed by atoms with van der Waals surface area (Å²) < 4.78 is 24.4. The fourth-order valence-corrected chi connectivity index (χ4v) is 4.30. The Labute approximate surface area is 170 Å². The van der Waals surface area contributed by atoms with Crippen LogP contribution in [0.1, 0.15) is 11.1 Å². The lowest BCUT2D eigenvalue weighted by molar-refractivity contribution is 0.598. The van der Waals surface area contributed by atoms with E-state index in [4.69, 9.17) is 5.14 Å². The van der Waals surface area contributed by atoms with Crippen LogP contribution in [0.25, 0.3) is 16.7 Å². The van der Waals surface area contributed by atoms with Gasteiger partial charge in [0.25, 0.3) is 5.56 Å². The average molecular weight is 428 g/mol. The molecule has 4 aromatic rings.